The molecule has 0 aliphatic carbocycles. The zero-order chi connectivity index (χ0) is 22.3. The number of benzene rings is 2. The highest BCUT2D eigenvalue weighted by Gasteiger charge is 2.41. The topological polar surface area (TPSA) is 68.8 Å². The van der Waals surface area contributed by atoms with E-state index in [0.29, 0.717) is 11.4 Å². The van der Waals surface area contributed by atoms with Crippen molar-refractivity contribution in [1.29, 1.82) is 0 Å². The predicted molar refractivity (Wildman–Crippen MR) is 114 cm³/mol. The molecule has 0 saturated carbocycles. The molecule has 2 atom stereocenters. The predicted octanol–water partition coefficient (Wildman–Crippen LogP) is 4.58. The largest absolute Gasteiger partial charge is 0.381 e. The standard InChI is InChI=1S/C22H22ClF2N5O/c1-4-20-16-7-13(2)18(23)9-21(16)30(28-20)14(3)22(31,10-29-12-26-11-27-29)17-6-5-15(24)8-19(17)25/h5-9,11-12,14,31H,4,10H2,1-3H3/t14-,22-/m1/s1. The van der Waals surface area contributed by atoms with Gasteiger partial charge in [0.2, 0.25) is 0 Å². The molecule has 162 valence electrons. The van der Waals surface area contributed by atoms with Gasteiger partial charge >= 0.3 is 0 Å². The van der Waals surface area contributed by atoms with Gasteiger partial charge in [-0.2, -0.15) is 10.2 Å². The number of hydrogen-bond donors (Lipinski definition) is 1. The normalized spacial score (nSPS) is 14.7. The number of nitrogens with zero attached hydrogens (tertiary/aromatic N) is 5. The van der Waals surface area contributed by atoms with Crippen LogP contribution in [0.3, 0.4) is 0 Å². The Balaban J connectivity index is 1.92. The van der Waals surface area contributed by atoms with Crippen LogP contribution in [0, 0.1) is 18.6 Å². The Labute approximate surface area is 183 Å². The van der Waals surface area contributed by atoms with Crippen LogP contribution in [-0.4, -0.2) is 29.7 Å². The van der Waals surface area contributed by atoms with Crippen LogP contribution in [0.2, 0.25) is 5.02 Å². The maximum absolute atomic E-state index is 14.9. The van der Waals surface area contributed by atoms with Gasteiger partial charge in [0.05, 0.1) is 23.8 Å². The number of rotatable bonds is 6. The van der Waals surface area contributed by atoms with Gasteiger partial charge in [-0.1, -0.05) is 24.6 Å². The third kappa shape index (κ3) is 3.70. The van der Waals surface area contributed by atoms with Crippen LogP contribution in [0.25, 0.3) is 10.9 Å². The molecule has 0 amide bonds. The molecule has 4 rings (SSSR count). The van der Waals surface area contributed by atoms with Crippen molar-refractivity contribution in [2.75, 3.05) is 0 Å². The van der Waals surface area contributed by atoms with Gasteiger partial charge in [0.25, 0.3) is 0 Å². The van der Waals surface area contributed by atoms with Crippen LogP contribution < -0.4 is 0 Å². The first-order valence-corrected chi connectivity index (χ1v) is 10.3. The van der Waals surface area contributed by atoms with Crippen LogP contribution in [0.1, 0.15) is 36.7 Å². The summed E-state index contributed by atoms with van der Waals surface area (Å²) in [5.74, 6) is -1.58. The van der Waals surface area contributed by atoms with Crippen LogP contribution >= 0.6 is 11.6 Å². The smallest absolute Gasteiger partial charge is 0.137 e. The Kier molecular flexibility index (Phi) is 5.53. The average Bonchev–Trinajstić information content (AvgIpc) is 3.35. The Morgan fingerprint density at radius 2 is 2.00 bits per heavy atom. The second kappa shape index (κ2) is 8.01. The van der Waals surface area contributed by atoms with Crippen molar-refractivity contribution in [2.24, 2.45) is 0 Å². The molecule has 31 heavy (non-hydrogen) atoms. The lowest BCUT2D eigenvalue weighted by Gasteiger charge is -2.35. The molecule has 0 aliphatic rings. The summed E-state index contributed by atoms with van der Waals surface area (Å²) in [6, 6.07) is 6.14. The van der Waals surface area contributed by atoms with Gasteiger partial charge in [-0.25, -0.2) is 18.4 Å². The first kappa shape index (κ1) is 21.4. The van der Waals surface area contributed by atoms with Crippen molar-refractivity contribution in [3.05, 3.63) is 76.5 Å². The van der Waals surface area contributed by atoms with Crippen molar-refractivity contribution in [1.82, 2.24) is 24.5 Å². The monoisotopic (exact) mass is 445 g/mol. The van der Waals surface area contributed by atoms with E-state index in [0.717, 1.165) is 34.3 Å². The highest BCUT2D eigenvalue weighted by atomic mass is 35.5. The van der Waals surface area contributed by atoms with E-state index < -0.39 is 23.3 Å². The van der Waals surface area contributed by atoms with E-state index in [1.165, 1.54) is 23.4 Å². The molecule has 9 heteroatoms. The maximum atomic E-state index is 14.9. The summed E-state index contributed by atoms with van der Waals surface area (Å²) in [6.07, 6.45) is 3.43. The molecule has 0 spiro atoms. The molecular weight excluding hydrogens is 424 g/mol. The number of halogens is 3. The van der Waals surface area contributed by atoms with Gasteiger partial charge in [-0.05, 0) is 44.0 Å². The van der Waals surface area contributed by atoms with Crippen molar-refractivity contribution in [2.45, 2.75) is 45.4 Å². The first-order valence-electron chi connectivity index (χ1n) is 9.92. The third-order valence-corrected chi connectivity index (χ3v) is 6.13. The maximum Gasteiger partial charge on any atom is 0.137 e. The molecule has 0 aliphatic heterocycles. The highest BCUT2D eigenvalue weighted by Crippen LogP contribution is 2.39. The van der Waals surface area contributed by atoms with E-state index in [1.807, 2.05) is 19.9 Å². The molecule has 0 radical (unpaired) electrons. The molecule has 0 bridgehead atoms. The van der Waals surface area contributed by atoms with Crippen molar-refractivity contribution >= 4 is 22.5 Å². The molecule has 4 aromatic rings. The average molecular weight is 446 g/mol. The van der Waals surface area contributed by atoms with E-state index >= 15 is 0 Å². The fourth-order valence-electron chi connectivity index (χ4n) is 3.93. The second-order valence-electron chi connectivity index (χ2n) is 7.68. The zero-order valence-corrected chi connectivity index (χ0v) is 18.1. The van der Waals surface area contributed by atoms with Gasteiger partial charge in [-0.15, -0.1) is 0 Å². The number of aliphatic hydroxyl groups is 1. The zero-order valence-electron chi connectivity index (χ0n) is 17.4. The molecule has 0 saturated heterocycles. The summed E-state index contributed by atoms with van der Waals surface area (Å²) >= 11 is 6.38. The minimum absolute atomic E-state index is 0.0585. The van der Waals surface area contributed by atoms with Crippen LogP contribution in [0.15, 0.2) is 43.0 Å². The van der Waals surface area contributed by atoms with Crippen molar-refractivity contribution in [3.8, 4) is 0 Å². The van der Waals surface area contributed by atoms with Gasteiger partial charge in [-0.3, -0.25) is 4.68 Å². The third-order valence-electron chi connectivity index (χ3n) is 5.72. The fraction of sp³-hybridized carbons (Fsp3) is 0.318. The summed E-state index contributed by atoms with van der Waals surface area (Å²) in [4.78, 5) is 3.90. The highest BCUT2D eigenvalue weighted by molar-refractivity contribution is 6.32. The lowest BCUT2D eigenvalue weighted by atomic mass is 9.86. The molecule has 2 aromatic carbocycles. The molecule has 2 heterocycles. The molecule has 6 nitrogen and oxygen atoms in total. The summed E-state index contributed by atoms with van der Waals surface area (Å²) in [7, 11) is 0. The van der Waals surface area contributed by atoms with Crippen LogP contribution in [0.5, 0.6) is 0 Å². The lowest BCUT2D eigenvalue weighted by molar-refractivity contribution is -0.0355. The summed E-state index contributed by atoms with van der Waals surface area (Å²) in [5.41, 5.74) is 0.603. The number of aryl methyl sites for hydroxylation is 2. The van der Waals surface area contributed by atoms with Gasteiger partial charge in [0.15, 0.2) is 0 Å². The van der Waals surface area contributed by atoms with E-state index in [4.69, 9.17) is 16.7 Å². The van der Waals surface area contributed by atoms with E-state index in [-0.39, 0.29) is 12.1 Å². The second-order valence-corrected chi connectivity index (χ2v) is 8.09. The van der Waals surface area contributed by atoms with Crippen LogP contribution in [-0.2, 0) is 18.6 Å². The molecule has 2 aromatic heterocycles. The quantitative estimate of drug-likeness (QED) is 0.471. The molecule has 1 N–H and O–H groups in total. The van der Waals surface area contributed by atoms with Gasteiger partial charge in [0.1, 0.15) is 29.9 Å². The minimum Gasteiger partial charge on any atom is -0.381 e. The van der Waals surface area contributed by atoms with Gasteiger partial charge < -0.3 is 5.11 Å². The number of fused-ring (bicyclic) bond motifs is 1. The fourth-order valence-corrected chi connectivity index (χ4v) is 4.09. The number of aromatic nitrogens is 5. The van der Waals surface area contributed by atoms with Gasteiger partial charge in [0, 0.05) is 22.0 Å². The van der Waals surface area contributed by atoms with E-state index in [2.05, 4.69) is 10.1 Å². The van der Waals surface area contributed by atoms with Crippen molar-refractivity contribution < 1.29 is 13.9 Å². The Morgan fingerprint density at radius 1 is 1.23 bits per heavy atom. The summed E-state index contributed by atoms with van der Waals surface area (Å²) in [5, 5.41) is 22.1. The van der Waals surface area contributed by atoms with E-state index in [1.54, 1.807) is 17.7 Å². The molecular formula is C22H22ClF2N5O. The van der Waals surface area contributed by atoms with E-state index in [9.17, 15) is 13.9 Å². The minimum atomic E-state index is -1.81. The van der Waals surface area contributed by atoms with Crippen molar-refractivity contribution in [3.63, 3.8) is 0 Å². The summed E-state index contributed by atoms with van der Waals surface area (Å²) in [6.45, 7) is 5.53. The lowest BCUT2D eigenvalue weighted by Crippen LogP contribution is -2.41. The summed E-state index contributed by atoms with van der Waals surface area (Å²) < 4.78 is 31.5. The molecule has 0 unspecified atom stereocenters. The Morgan fingerprint density at radius 3 is 2.65 bits per heavy atom. The van der Waals surface area contributed by atoms with Crippen LogP contribution in [0.4, 0.5) is 8.78 Å². The Bertz CT molecular complexity index is 1240. The first-order chi connectivity index (χ1) is 14.7. The Hall–Kier alpha value is -2.84. The SMILES string of the molecule is CCc1nn([C@H](C)[C@](O)(Cn2cncn2)c2ccc(F)cc2F)c2cc(Cl)c(C)cc12. The molecule has 0 fully saturated rings. The number of hydrogen-bond acceptors (Lipinski definition) is 4.